The van der Waals surface area contributed by atoms with Gasteiger partial charge < -0.3 is 25.6 Å². The van der Waals surface area contributed by atoms with Crippen molar-refractivity contribution in [2.75, 3.05) is 7.11 Å². The highest BCUT2D eigenvalue weighted by Gasteiger charge is 2.22. The second kappa shape index (κ2) is 19.6. The molecule has 0 saturated carbocycles. The number of hydrogen-bond acceptors (Lipinski definition) is 7. The monoisotopic (exact) mass is 788 g/mol. The molecule has 0 unspecified atom stereocenters. The summed E-state index contributed by atoms with van der Waals surface area (Å²) < 4.78 is 19.1. The van der Waals surface area contributed by atoms with Crippen LogP contribution in [0.5, 0.6) is 5.75 Å². The quantitative estimate of drug-likeness (QED) is 0.0897. The van der Waals surface area contributed by atoms with Crippen LogP contribution in [-0.2, 0) is 9.59 Å². The Morgan fingerprint density at radius 2 is 1.16 bits per heavy atom. The number of amides is 2. The number of rotatable bonds is 13. The van der Waals surface area contributed by atoms with Crippen LogP contribution in [0.2, 0.25) is 5.02 Å². The van der Waals surface area contributed by atoms with Crippen LogP contribution >= 0.6 is 11.6 Å². The Hall–Kier alpha value is -6.92. The highest BCUT2D eigenvalue weighted by atomic mass is 35.5. The van der Waals surface area contributed by atoms with Crippen molar-refractivity contribution in [2.24, 2.45) is 0 Å². The number of carboxylic acid groups (broad SMARTS) is 2. The molecule has 11 nitrogen and oxygen atoms in total. The van der Waals surface area contributed by atoms with Crippen LogP contribution in [0.25, 0.3) is 22.5 Å². The van der Waals surface area contributed by atoms with E-state index in [4.69, 9.17) is 16.3 Å². The number of aliphatic carboxylic acids is 2. The molecule has 0 radical (unpaired) electrons. The van der Waals surface area contributed by atoms with Crippen LogP contribution in [0, 0.1) is 12.7 Å². The summed E-state index contributed by atoms with van der Waals surface area (Å²) in [7, 11) is 1.53. The molecule has 0 bridgehead atoms. The lowest BCUT2D eigenvalue weighted by atomic mass is 10.0. The predicted octanol–water partition coefficient (Wildman–Crippen LogP) is 8.50. The number of nitrogens with zero attached hydrogens (tertiary/aromatic N) is 2. The van der Waals surface area contributed by atoms with E-state index in [1.54, 1.807) is 84.9 Å². The summed E-state index contributed by atoms with van der Waals surface area (Å²) in [4.78, 5) is 56.7. The highest BCUT2D eigenvalue weighted by Crippen LogP contribution is 2.27. The van der Waals surface area contributed by atoms with E-state index < -0.39 is 41.7 Å². The predicted molar refractivity (Wildman–Crippen MR) is 213 cm³/mol. The topological polar surface area (TPSA) is 168 Å². The first-order chi connectivity index (χ1) is 27.4. The number of benzene rings is 4. The van der Waals surface area contributed by atoms with E-state index in [1.165, 1.54) is 19.2 Å². The number of carbonyl (C=O) groups is 4. The average Bonchev–Trinajstić information content (AvgIpc) is 3.20. The molecule has 4 N–H and O–H groups in total. The fourth-order valence-electron chi connectivity index (χ4n) is 5.80. The van der Waals surface area contributed by atoms with Gasteiger partial charge in [-0.2, -0.15) is 0 Å². The first-order valence-electron chi connectivity index (χ1n) is 17.6. The third-order valence-corrected chi connectivity index (χ3v) is 8.92. The number of pyridine rings is 2. The molecule has 6 rings (SSSR count). The molecular weight excluding hydrogens is 751 g/mol. The fraction of sp³-hybridized carbons (Fsp3) is 0.136. The summed E-state index contributed by atoms with van der Waals surface area (Å²) in [6, 6.07) is 35.9. The molecule has 2 atom stereocenters. The maximum atomic E-state index is 14.0. The van der Waals surface area contributed by atoms with Gasteiger partial charge in [0.15, 0.2) is 0 Å². The second-order valence-electron chi connectivity index (χ2n) is 12.7. The van der Waals surface area contributed by atoms with Crippen molar-refractivity contribution in [2.45, 2.75) is 31.8 Å². The van der Waals surface area contributed by atoms with Crippen molar-refractivity contribution < 1.29 is 38.5 Å². The molecule has 2 aromatic heterocycles. The van der Waals surface area contributed by atoms with E-state index in [9.17, 15) is 33.8 Å². The summed E-state index contributed by atoms with van der Waals surface area (Å²) in [5.41, 5.74) is 4.48. The zero-order valence-corrected chi connectivity index (χ0v) is 31.6. The van der Waals surface area contributed by atoms with Gasteiger partial charge in [-0.05, 0) is 72.6 Å². The number of aromatic nitrogens is 2. The van der Waals surface area contributed by atoms with Crippen molar-refractivity contribution in [1.82, 2.24) is 20.6 Å². The van der Waals surface area contributed by atoms with Gasteiger partial charge in [-0.3, -0.25) is 19.2 Å². The van der Waals surface area contributed by atoms with Gasteiger partial charge in [-0.1, -0.05) is 96.0 Å². The molecule has 0 aliphatic rings. The highest BCUT2D eigenvalue weighted by molar-refractivity contribution is 6.33. The molecule has 0 fully saturated rings. The maximum Gasteiger partial charge on any atom is 0.305 e. The minimum Gasteiger partial charge on any atom is -0.497 e. The molecule has 290 valence electrons. The third-order valence-electron chi connectivity index (χ3n) is 8.59. The number of halogens is 2. The molecule has 0 saturated heterocycles. The van der Waals surface area contributed by atoms with Crippen LogP contribution in [0.4, 0.5) is 4.39 Å². The largest absolute Gasteiger partial charge is 0.497 e. The van der Waals surface area contributed by atoms with E-state index in [0.717, 1.165) is 16.7 Å². The van der Waals surface area contributed by atoms with Gasteiger partial charge in [0.1, 0.15) is 23.0 Å². The molecule has 6 aromatic rings. The summed E-state index contributed by atoms with van der Waals surface area (Å²) >= 11 is 6.22. The molecule has 0 aliphatic heterocycles. The summed E-state index contributed by atoms with van der Waals surface area (Å²) in [5.74, 6) is -2.87. The Labute approximate surface area is 333 Å². The maximum absolute atomic E-state index is 14.0. The molecule has 2 amide bonds. The number of methoxy groups -OCH3 is 1. The van der Waals surface area contributed by atoms with Crippen molar-refractivity contribution in [3.63, 3.8) is 0 Å². The number of ether oxygens (including phenoxy) is 1. The Balaban J connectivity index is 0.000000218. The van der Waals surface area contributed by atoms with E-state index in [1.807, 2.05) is 43.3 Å². The Morgan fingerprint density at radius 3 is 1.68 bits per heavy atom. The van der Waals surface area contributed by atoms with Gasteiger partial charge >= 0.3 is 11.9 Å². The lowest BCUT2D eigenvalue weighted by molar-refractivity contribution is -0.138. The molecule has 0 spiro atoms. The van der Waals surface area contributed by atoms with Crippen LogP contribution in [0.1, 0.15) is 62.6 Å². The minimum atomic E-state index is -1.06. The van der Waals surface area contributed by atoms with Crippen LogP contribution in [0.15, 0.2) is 133 Å². The molecule has 4 aromatic carbocycles. The lowest BCUT2D eigenvalue weighted by Crippen LogP contribution is -2.30. The van der Waals surface area contributed by atoms with E-state index in [0.29, 0.717) is 27.7 Å². The first kappa shape index (κ1) is 41.2. The number of carbonyl (C=O) groups excluding carboxylic acids is 2. The first-order valence-corrected chi connectivity index (χ1v) is 18.0. The Morgan fingerprint density at radius 1 is 0.649 bits per heavy atom. The Bertz CT molecular complexity index is 2370. The van der Waals surface area contributed by atoms with Crippen molar-refractivity contribution in [3.8, 4) is 28.3 Å². The molecule has 2 heterocycles. The van der Waals surface area contributed by atoms with Gasteiger partial charge in [0, 0.05) is 16.1 Å². The lowest BCUT2D eigenvalue weighted by Gasteiger charge is -2.18. The van der Waals surface area contributed by atoms with Gasteiger partial charge in [-0.15, -0.1) is 0 Å². The van der Waals surface area contributed by atoms with E-state index >= 15 is 0 Å². The zero-order valence-electron chi connectivity index (χ0n) is 30.9. The Kier molecular flexibility index (Phi) is 14.2. The van der Waals surface area contributed by atoms with Gasteiger partial charge in [0.05, 0.1) is 43.4 Å². The summed E-state index contributed by atoms with van der Waals surface area (Å²) in [5, 5.41) is 24.5. The number of hydrogen-bond donors (Lipinski definition) is 4. The van der Waals surface area contributed by atoms with E-state index in [-0.39, 0.29) is 29.8 Å². The average molecular weight is 789 g/mol. The van der Waals surface area contributed by atoms with Gasteiger partial charge in [-0.25, -0.2) is 14.4 Å². The molecule has 13 heteroatoms. The minimum absolute atomic E-state index is 0.0645. The fourth-order valence-corrected chi connectivity index (χ4v) is 6.03. The van der Waals surface area contributed by atoms with Crippen LogP contribution < -0.4 is 15.4 Å². The summed E-state index contributed by atoms with van der Waals surface area (Å²) in [6.07, 6.45) is -0.523. The summed E-state index contributed by atoms with van der Waals surface area (Å²) in [6.45, 7) is 1.91. The normalized spacial score (nSPS) is 11.6. The van der Waals surface area contributed by atoms with Gasteiger partial charge in [0.25, 0.3) is 11.8 Å². The number of carboxylic acids is 2. The van der Waals surface area contributed by atoms with Crippen molar-refractivity contribution in [3.05, 3.63) is 172 Å². The third kappa shape index (κ3) is 11.5. The molecular formula is C44H38ClFN4O7. The number of aryl methyl sites for hydroxylation is 1. The number of nitrogens with one attached hydrogen (secondary N) is 2. The standard InChI is InChI=1S/C22H19ClN2O3.C22H19FN2O4/c1-14-6-4-7-15(12-14)20(13-21(26)27)25-22(28)19-11-5-10-18(24-19)16-8-2-3-9-17(16)23;1-29-15-11-9-14(10-12-15)20(13-21(26)27)25-22(28)19-8-4-7-18(24-19)16-5-2-3-6-17(16)23/h2-12,20H,13H2,1H3,(H,25,28)(H,26,27);2-12,20H,13H2,1H3,(H,25,28)(H,26,27)/t2*20-/m00/s1. The SMILES string of the molecule is COc1ccc([C@H](CC(=O)O)NC(=O)c2cccc(-c3ccccc3F)n2)cc1.Cc1cccc([C@H](CC(=O)O)NC(=O)c2cccc(-c3ccccc3Cl)n2)c1. The van der Waals surface area contributed by atoms with Crippen LogP contribution in [-0.4, -0.2) is 51.0 Å². The second-order valence-corrected chi connectivity index (χ2v) is 13.1. The smallest absolute Gasteiger partial charge is 0.305 e. The van der Waals surface area contributed by atoms with Crippen molar-refractivity contribution in [1.29, 1.82) is 0 Å². The molecule has 0 aliphatic carbocycles. The van der Waals surface area contributed by atoms with Gasteiger partial charge in [0.2, 0.25) is 0 Å². The van der Waals surface area contributed by atoms with Crippen molar-refractivity contribution >= 4 is 35.4 Å². The van der Waals surface area contributed by atoms with E-state index in [2.05, 4.69) is 20.6 Å². The zero-order chi connectivity index (χ0) is 40.9. The van der Waals surface area contributed by atoms with Crippen LogP contribution in [0.3, 0.4) is 0 Å². The molecule has 57 heavy (non-hydrogen) atoms.